The van der Waals surface area contributed by atoms with Gasteiger partial charge in [-0.15, -0.1) is 6.58 Å². The summed E-state index contributed by atoms with van der Waals surface area (Å²) in [6.07, 6.45) is 3.67. The van der Waals surface area contributed by atoms with Crippen LogP contribution in [-0.2, 0) is 14.4 Å². The molecular formula is C32H34N4O5. The van der Waals surface area contributed by atoms with Crippen LogP contribution in [0.25, 0.3) is 22.2 Å². The molecule has 4 unspecified atom stereocenters. The van der Waals surface area contributed by atoms with Crippen LogP contribution >= 0.6 is 0 Å². The zero-order valence-corrected chi connectivity index (χ0v) is 23.3. The molecule has 41 heavy (non-hydrogen) atoms. The van der Waals surface area contributed by atoms with Gasteiger partial charge in [-0.2, -0.15) is 0 Å². The van der Waals surface area contributed by atoms with Gasteiger partial charge in [0.05, 0.1) is 31.4 Å². The lowest BCUT2D eigenvalue weighted by Gasteiger charge is -2.26. The summed E-state index contributed by atoms with van der Waals surface area (Å²) in [6.45, 7) is 7.32. The maximum absolute atomic E-state index is 13.4. The Kier molecular flexibility index (Phi) is 8.05. The Labute approximate surface area is 239 Å². The van der Waals surface area contributed by atoms with Crippen molar-refractivity contribution in [3.63, 3.8) is 0 Å². The third-order valence-corrected chi connectivity index (χ3v) is 7.62. The highest BCUT2D eigenvalue weighted by Gasteiger charge is 2.44. The van der Waals surface area contributed by atoms with Crippen LogP contribution in [0, 0.1) is 5.92 Å². The molecule has 212 valence electrons. The Morgan fingerprint density at radius 2 is 1.90 bits per heavy atom. The number of benzene rings is 2. The number of methoxy groups -OCH3 is 1. The van der Waals surface area contributed by atoms with E-state index < -0.39 is 12.1 Å². The number of nitrogens with zero attached hydrogens (tertiary/aromatic N) is 3. The highest BCUT2D eigenvalue weighted by Crippen LogP contribution is 2.35. The summed E-state index contributed by atoms with van der Waals surface area (Å²) in [5.41, 5.74) is 2.36. The van der Waals surface area contributed by atoms with Crippen molar-refractivity contribution in [2.45, 2.75) is 31.0 Å². The lowest BCUT2D eigenvalue weighted by Crippen LogP contribution is -2.49. The molecule has 9 heteroatoms. The molecule has 2 heterocycles. The van der Waals surface area contributed by atoms with Crippen molar-refractivity contribution in [3.8, 4) is 22.8 Å². The predicted molar refractivity (Wildman–Crippen MR) is 156 cm³/mol. The zero-order chi connectivity index (χ0) is 29.1. The average molecular weight is 555 g/mol. The minimum absolute atomic E-state index is 0.0227. The number of aromatic nitrogens is 1. The normalized spacial score (nSPS) is 21.2. The number of hydrogen-bond acceptors (Lipinski definition) is 6. The maximum atomic E-state index is 13.4. The van der Waals surface area contributed by atoms with Crippen LogP contribution in [0.3, 0.4) is 0 Å². The number of likely N-dealkylation sites (N-methyl/N-ethyl adjacent to an activating group) is 1. The number of fused-ring (bicyclic) bond motifs is 1. The van der Waals surface area contributed by atoms with Crippen molar-refractivity contribution >= 4 is 28.6 Å². The van der Waals surface area contributed by atoms with Gasteiger partial charge in [0.15, 0.2) is 0 Å². The Bertz CT molecular complexity index is 1490. The molecule has 1 aliphatic carbocycles. The van der Waals surface area contributed by atoms with Gasteiger partial charge >= 0.3 is 0 Å². The minimum atomic E-state index is -0.729. The minimum Gasteiger partial charge on any atom is -0.497 e. The Morgan fingerprint density at radius 1 is 1.12 bits per heavy atom. The Balaban J connectivity index is 1.43. The maximum Gasteiger partial charge on any atom is 0.246 e. The number of hydrogen-bond donors (Lipinski definition) is 1. The highest BCUT2D eigenvalue weighted by atomic mass is 16.5. The third-order valence-electron chi connectivity index (χ3n) is 7.62. The van der Waals surface area contributed by atoms with Crippen LogP contribution in [0.2, 0.25) is 0 Å². The quantitative estimate of drug-likeness (QED) is 0.304. The molecule has 1 saturated carbocycles. The van der Waals surface area contributed by atoms with Crippen molar-refractivity contribution in [2.24, 2.45) is 5.92 Å². The number of nitrogens with one attached hydrogen (secondary N) is 1. The van der Waals surface area contributed by atoms with Gasteiger partial charge in [-0.25, -0.2) is 4.98 Å². The second kappa shape index (κ2) is 11.8. The summed E-state index contributed by atoms with van der Waals surface area (Å²) < 4.78 is 12.0. The summed E-state index contributed by atoms with van der Waals surface area (Å²) in [5.74, 6) is 0.578. The van der Waals surface area contributed by atoms with Gasteiger partial charge in [-0.05, 0) is 30.5 Å². The fourth-order valence-electron chi connectivity index (χ4n) is 5.19. The van der Waals surface area contributed by atoms with Crippen LogP contribution in [0.1, 0.15) is 12.8 Å². The van der Waals surface area contributed by atoms with Gasteiger partial charge in [0.1, 0.15) is 23.6 Å². The monoisotopic (exact) mass is 554 g/mol. The third kappa shape index (κ3) is 6.09. The van der Waals surface area contributed by atoms with E-state index in [0.29, 0.717) is 23.4 Å². The summed E-state index contributed by atoms with van der Waals surface area (Å²) in [6, 6.07) is 16.6. The summed E-state index contributed by atoms with van der Waals surface area (Å²) in [5, 5.41) is 3.84. The fraction of sp³-hybridized carbons (Fsp3) is 0.312. The summed E-state index contributed by atoms with van der Waals surface area (Å²) >= 11 is 0. The lowest BCUT2D eigenvalue weighted by molar-refractivity contribution is -0.141. The number of rotatable bonds is 10. The van der Waals surface area contributed by atoms with E-state index in [9.17, 15) is 14.4 Å². The molecule has 1 aliphatic heterocycles. The number of amides is 3. The van der Waals surface area contributed by atoms with Gasteiger partial charge in [0.2, 0.25) is 17.7 Å². The SMILES string of the molecule is C=CC(=O)N(C)CC(=O)N1CC(Oc2cc(-c3ccccc3)nc3cc(OC)ccc23)CC1C(=O)NC1CC1C=C. The zero-order valence-electron chi connectivity index (χ0n) is 23.3. The van der Waals surface area contributed by atoms with Gasteiger partial charge < -0.3 is 24.6 Å². The van der Waals surface area contributed by atoms with Gasteiger partial charge in [0.25, 0.3) is 0 Å². The first kappa shape index (κ1) is 27.9. The van der Waals surface area contributed by atoms with Crippen molar-refractivity contribution in [1.82, 2.24) is 20.1 Å². The second-order valence-corrected chi connectivity index (χ2v) is 10.4. The van der Waals surface area contributed by atoms with Crippen molar-refractivity contribution < 1.29 is 23.9 Å². The summed E-state index contributed by atoms with van der Waals surface area (Å²) in [4.78, 5) is 46.4. The smallest absolute Gasteiger partial charge is 0.246 e. The molecule has 1 N–H and O–H groups in total. The molecule has 0 radical (unpaired) electrons. The van der Waals surface area contributed by atoms with E-state index in [1.165, 1.54) is 16.8 Å². The first-order valence-electron chi connectivity index (χ1n) is 13.6. The van der Waals surface area contributed by atoms with Crippen LogP contribution in [0.5, 0.6) is 11.5 Å². The Morgan fingerprint density at radius 3 is 2.59 bits per heavy atom. The molecule has 1 aromatic heterocycles. The molecule has 3 aromatic rings. The molecule has 5 rings (SSSR count). The molecule has 2 aliphatic rings. The molecule has 4 atom stereocenters. The molecule has 9 nitrogen and oxygen atoms in total. The average Bonchev–Trinajstić information content (AvgIpc) is 3.61. The van der Waals surface area contributed by atoms with Crippen molar-refractivity contribution in [1.29, 1.82) is 0 Å². The molecule has 0 spiro atoms. The van der Waals surface area contributed by atoms with E-state index in [1.807, 2.05) is 60.7 Å². The topological polar surface area (TPSA) is 101 Å². The van der Waals surface area contributed by atoms with Crippen LogP contribution in [0.15, 0.2) is 79.9 Å². The molecular weight excluding hydrogens is 520 g/mol. The molecule has 2 fully saturated rings. The van der Waals surface area contributed by atoms with E-state index in [2.05, 4.69) is 18.5 Å². The van der Waals surface area contributed by atoms with Gasteiger partial charge in [0, 0.05) is 42.6 Å². The molecule has 0 bridgehead atoms. The number of ether oxygens (including phenoxy) is 2. The van der Waals surface area contributed by atoms with Crippen LogP contribution in [0.4, 0.5) is 0 Å². The van der Waals surface area contributed by atoms with E-state index in [1.54, 1.807) is 7.11 Å². The largest absolute Gasteiger partial charge is 0.497 e. The van der Waals surface area contributed by atoms with Gasteiger partial charge in [-0.1, -0.05) is 43.0 Å². The number of carbonyl (C=O) groups is 3. The number of carbonyl (C=O) groups excluding carboxylic acids is 3. The highest BCUT2D eigenvalue weighted by molar-refractivity contribution is 5.93. The summed E-state index contributed by atoms with van der Waals surface area (Å²) in [7, 11) is 3.14. The van der Waals surface area contributed by atoms with Crippen LogP contribution in [-0.4, -0.2) is 77.9 Å². The van der Waals surface area contributed by atoms with Crippen molar-refractivity contribution in [2.75, 3.05) is 27.2 Å². The van der Waals surface area contributed by atoms with Gasteiger partial charge in [-0.3, -0.25) is 14.4 Å². The standard InChI is InChI=1S/C32H34N4O5/c1-5-20-14-25(20)34-32(39)28-16-23(18-36(28)31(38)19-35(3)30(37)6-2)41-29-17-26(21-10-8-7-9-11-21)33-27-15-22(40-4)12-13-24(27)29/h5-13,15,17,20,23,25,28H,1-2,14,16,18-19H2,3-4H3,(H,34,39). The second-order valence-electron chi connectivity index (χ2n) is 10.4. The number of pyridine rings is 1. The lowest BCUT2D eigenvalue weighted by atomic mass is 10.1. The molecule has 1 saturated heterocycles. The van der Waals surface area contributed by atoms with E-state index in [0.717, 1.165) is 29.1 Å². The Hall–Kier alpha value is -4.66. The van der Waals surface area contributed by atoms with E-state index >= 15 is 0 Å². The predicted octanol–water partition coefficient (Wildman–Crippen LogP) is 3.59. The van der Waals surface area contributed by atoms with E-state index in [4.69, 9.17) is 14.5 Å². The molecule has 2 aromatic carbocycles. The van der Waals surface area contributed by atoms with Crippen LogP contribution < -0.4 is 14.8 Å². The number of likely N-dealkylation sites (tertiary alicyclic amines) is 1. The molecule has 3 amide bonds. The van der Waals surface area contributed by atoms with Crippen molar-refractivity contribution in [3.05, 3.63) is 79.9 Å². The fourth-order valence-corrected chi connectivity index (χ4v) is 5.19. The first-order valence-corrected chi connectivity index (χ1v) is 13.6. The first-order chi connectivity index (χ1) is 19.8. The van der Waals surface area contributed by atoms with E-state index in [-0.39, 0.29) is 42.8 Å².